The van der Waals surface area contributed by atoms with Crippen LogP contribution in [0, 0.1) is 5.92 Å². The van der Waals surface area contributed by atoms with Gasteiger partial charge in [-0.1, -0.05) is 11.6 Å². The van der Waals surface area contributed by atoms with E-state index in [9.17, 15) is 19.2 Å². The van der Waals surface area contributed by atoms with Gasteiger partial charge in [0, 0.05) is 62.6 Å². The number of halogens is 1. The molecule has 1 fully saturated rings. The molecule has 3 N–H and O–H groups in total. The summed E-state index contributed by atoms with van der Waals surface area (Å²) < 4.78 is 0. The number of carbonyl (C=O) groups is 4. The van der Waals surface area contributed by atoms with E-state index in [4.69, 9.17) is 11.6 Å². The Morgan fingerprint density at radius 1 is 0.846 bits per heavy atom. The number of amides is 4. The van der Waals surface area contributed by atoms with Gasteiger partial charge in [-0.25, -0.2) is 15.0 Å². The number of nitrogens with zero attached hydrogens (tertiary/aromatic N) is 5. The maximum Gasteiger partial charge on any atom is 0.314 e. The second kappa shape index (κ2) is 12.4. The lowest BCUT2D eigenvalue weighted by molar-refractivity contribution is -0.137. The zero-order valence-electron chi connectivity index (χ0n) is 21.3. The van der Waals surface area contributed by atoms with E-state index < -0.39 is 29.8 Å². The molecule has 3 aromatic rings. The summed E-state index contributed by atoms with van der Waals surface area (Å²) in [5.41, 5.74) is 1.57. The highest BCUT2D eigenvalue weighted by Crippen LogP contribution is 2.27. The molecule has 0 saturated heterocycles. The van der Waals surface area contributed by atoms with Gasteiger partial charge in [-0.3, -0.25) is 24.2 Å². The van der Waals surface area contributed by atoms with Gasteiger partial charge < -0.3 is 20.9 Å². The molecule has 1 aliphatic carbocycles. The van der Waals surface area contributed by atoms with Crippen LogP contribution >= 0.6 is 11.6 Å². The Morgan fingerprint density at radius 2 is 1.56 bits per heavy atom. The van der Waals surface area contributed by atoms with Crippen LogP contribution in [0.25, 0.3) is 11.1 Å². The monoisotopic (exact) mass is 550 g/mol. The normalized spacial score (nSPS) is 18.5. The third-order valence-corrected chi connectivity index (χ3v) is 6.54. The van der Waals surface area contributed by atoms with Crippen LogP contribution in [-0.4, -0.2) is 74.6 Å². The van der Waals surface area contributed by atoms with Gasteiger partial charge >= 0.3 is 11.8 Å². The van der Waals surface area contributed by atoms with Crippen LogP contribution in [0.15, 0.2) is 55.2 Å². The SMILES string of the molecule is CN(C)C(=O)[C@H]1CC[C@H](NC(=O)C(=O)Nc2ccc(Cl)cn2)[C@H](NC(=O)c2ncc(-c3ccncc3)cn2)C1. The maximum atomic E-state index is 13.1. The van der Waals surface area contributed by atoms with Crippen molar-refractivity contribution in [2.45, 2.75) is 31.3 Å². The first-order chi connectivity index (χ1) is 18.7. The van der Waals surface area contributed by atoms with E-state index in [1.165, 1.54) is 35.6 Å². The lowest BCUT2D eigenvalue weighted by atomic mass is 9.81. The second-order valence-corrected chi connectivity index (χ2v) is 9.69. The van der Waals surface area contributed by atoms with Crippen molar-refractivity contribution >= 4 is 41.0 Å². The topological polar surface area (TPSA) is 159 Å². The van der Waals surface area contributed by atoms with E-state index >= 15 is 0 Å². The highest BCUT2D eigenvalue weighted by Gasteiger charge is 2.37. The summed E-state index contributed by atoms with van der Waals surface area (Å²) in [6.45, 7) is 0. The molecule has 13 heteroatoms. The van der Waals surface area contributed by atoms with Gasteiger partial charge in [-0.2, -0.15) is 0 Å². The van der Waals surface area contributed by atoms with Gasteiger partial charge in [0.15, 0.2) is 0 Å². The molecule has 3 heterocycles. The first-order valence-corrected chi connectivity index (χ1v) is 12.6. The van der Waals surface area contributed by atoms with E-state index in [-0.39, 0.29) is 29.9 Å². The van der Waals surface area contributed by atoms with Crippen LogP contribution in [0.3, 0.4) is 0 Å². The lowest BCUT2D eigenvalue weighted by Crippen LogP contribution is -2.57. The van der Waals surface area contributed by atoms with E-state index in [0.29, 0.717) is 17.9 Å². The number of aromatic nitrogens is 4. The molecule has 1 saturated carbocycles. The molecule has 3 aromatic heterocycles. The fraction of sp³-hybridized carbons (Fsp3) is 0.308. The largest absolute Gasteiger partial charge is 0.349 e. The Morgan fingerprint density at radius 3 is 2.21 bits per heavy atom. The van der Waals surface area contributed by atoms with Crippen molar-refractivity contribution < 1.29 is 19.2 Å². The minimum atomic E-state index is -0.920. The Labute approximate surface area is 229 Å². The van der Waals surface area contributed by atoms with E-state index in [0.717, 1.165) is 11.1 Å². The Kier molecular flexibility index (Phi) is 8.77. The molecule has 0 radical (unpaired) electrons. The number of anilines is 1. The van der Waals surface area contributed by atoms with Gasteiger partial charge in [0.1, 0.15) is 5.82 Å². The second-order valence-electron chi connectivity index (χ2n) is 9.25. The van der Waals surface area contributed by atoms with Gasteiger partial charge in [-0.15, -0.1) is 0 Å². The van der Waals surface area contributed by atoms with Crippen LogP contribution in [0.4, 0.5) is 5.82 Å². The van der Waals surface area contributed by atoms with Crippen molar-refractivity contribution in [3.63, 3.8) is 0 Å². The molecule has 1 aliphatic rings. The first-order valence-electron chi connectivity index (χ1n) is 12.2. The molecule has 0 bridgehead atoms. The van der Waals surface area contributed by atoms with Crippen molar-refractivity contribution in [3.8, 4) is 11.1 Å². The van der Waals surface area contributed by atoms with Crippen molar-refractivity contribution in [1.82, 2.24) is 35.5 Å². The van der Waals surface area contributed by atoms with Crippen LogP contribution < -0.4 is 16.0 Å². The molecule has 0 aliphatic heterocycles. The zero-order valence-corrected chi connectivity index (χ0v) is 22.1. The van der Waals surface area contributed by atoms with Gasteiger partial charge in [0.25, 0.3) is 5.91 Å². The van der Waals surface area contributed by atoms with Crippen LogP contribution in [0.5, 0.6) is 0 Å². The average Bonchev–Trinajstić information content (AvgIpc) is 2.95. The number of rotatable bonds is 6. The van der Waals surface area contributed by atoms with Gasteiger partial charge in [-0.05, 0) is 49.1 Å². The zero-order chi connectivity index (χ0) is 27.9. The summed E-state index contributed by atoms with van der Waals surface area (Å²) in [4.78, 5) is 68.6. The number of pyridine rings is 2. The van der Waals surface area contributed by atoms with Gasteiger partial charge in [0.05, 0.1) is 11.1 Å². The standard InChI is InChI=1S/C26H27ClN8O4/c1-35(2)26(39)16-3-5-19(32-24(37)25(38)34-21-6-4-18(27)14-29-21)20(11-16)33-23(36)22-30-12-17(13-31-22)15-7-9-28-10-8-15/h4,6-10,12-14,16,19-20H,3,5,11H2,1-2H3,(H,32,37)(H,33,36)(H,29,34,38)/t16-,19-,20+/m0/s1. The highest BCUT2D eigenvalue weighted by molar-refractivity contribution is 6.39. The predicted octanol–water partition coefficient (Wildman–Crippen LogP) is 1.70. The summed E-state index contributed by atoms with van der Waals surface area (Å²) in [5, 5.41) is 8.33. The molecule has 0 spiro atoms. The fourth-order valence-electron chi connectivity index (χ4n) is 4.32. The van der Waals surface area contributed by atoms with Crippen molar-refractivity contribution in [2.75, 3.05) is 19.4 Å². The third kappa shape index (κ3) is 7.11. The molecule has 4 amide bonds. The summed E-state index contributed by atoms with van der Waals surface area (Å²) >= 11 is 5.80. The number of hydrogen-bond acceptors (Lipinski definition) is 8. The summed E-state index contributed by atoms with van der Waals surface area (Å²) in [5.74, 6) is -2.72. The van der Waals surface area contributed by atoms with Crippen LogP contribution in [0.1, 0.15) is 29.9 Å². The molecule has 3 atom stereocenters. The van der Waals surface area contributed by atoms with E-state index in [1.807, 2.05) is 0 Å². The van der Waals surface area contributed by atoms with Crippen LogP contribution in [0.2, 0.25) is 5.02 Å². The number of carbonyl (C=O) groups excluding carboxylic acids is 4. The van der Waals surface area contributed by atoms with Crippen molar-refractivity contribution in [3.05, 3.63) is 66.1 Å². The highest BCUT2D eigenvalue weighted by atomic mass is 35.5. The fourth-order valence-corrected chi connectivity index (χ4v) is 4.43. The Bertz CT molecular complexity index is 1340. The molecule has 39 heavy (non-hydrogen) atoms. The lowest BCUT2D eigenvalue weighted by Gasteiger charge is -2.37. The molecule has 202 valence electrons. The quantitative estimate of drug-likeness (QED) is 0.391. The summed E-state index contributed by atoms with van der Waals surface area (Å²) in [6.07, 6.45) is 8.81. The Balaban J connectivity index is 1.45. The van der Waals surface area contributed by atoms with Crippen molar-refractivity contribution in [2.24, 2.45) is 5.92 Å². The van der Waals surface area contributed by atoms with E-state index in [1.54, 1.807) is 38.6 Å². The van der Waals surface area contributed by atoms with Crippen LogP contribution in [-0.2, 0) is 14.4 Å². The molecule has 4 rings (SSSR count). The molecular weight excluding hydrogens is 524 g/mol. The Hall–Kier alpha value is -4.45. The number of hydrogen-bond donors (Lipinski definition) is 3. The summed E-state index contributed by atoms with van der Waals surface area (Å²) in [7, 11) is 3.33. The minimum Gasteiger partial charge on any atom is -0.349 e. The first kappa shape index (κ1) is 27.6. The minimum absolute atomic E-state index is 0.0644. The third-order valence-electron chi connectivity index (χ3n) is 6.32. The summed E-state index contributed by atoms with van der Waals surface area (Å²) in [6, 6.07) is 5.35. The van der Waals surface area contributed by atoms with E-state index in [2.05, 4.69) is 35.9 Å². The van der Waals surface area contributed by atoms with Gasteiger partial charge in [0.2, 0.25) is 11.7 Å². The average molecular weight is 551 g/mol. The maximum absolute atomic E-state index is 13.1. The predicted molar refractivity (Wildman–Crippen MR) is 142 cm³/mol. The molecular formula is C26H27ClN8O4. The number of nitrogens with one attached hydrogen (secondary N) is 3. The molecule has 0 unspecified atom stereocenters. The molecule has 0 aromatic carbocycles. The molecule has 12 nitrogen and oxygen atoms in total. The smallest absolute Gasteiger partial charge is 0.314 e. The van der Waals surface area contributed by atoms with Crippen molar-refractivity contribution in [1.29, 1.82) is 0 Å².